The summed E-state index contributed by atoms with van der Waals surface area (Å²) < 4.78 is 0. The average molecular weight is 245 g/mol. The van der Waals surface area contributed by atoms with Crippen molar-refractivity contribution >= 4 is 11.6 Å². The van der Waals surface area contributed by atoms with Crippen LogP contribution in [0.15, 0.2) is 11.6 Å². The number of hydrogen-bond acceptors (Lipinski definition) is 2. The standard InChI is InChI=1S/C13H25ClN2/c1-4-6-12-9-15-13(11(2)3)10-16(12)8-5-7-14/h5,7,11-13,15H,4,6,8-10H2,1-3H3/b7-5+. The van der Waals surface area contributed by atoms with E-state index in [9.17, 15) is 0 Å². The van der Waals surface area contributed by atoms with Gasteiger partial charge in [0.2, 0.25) is 0 Å². The Morgan fingerprint density at radius 3 is 2.81 bits per heavy atom. The lowest BCUT2D eigenvalue weighted by Gasteiger charge is -2.41. The molecule has 1 heterocycles. The summed E-state index contributed by atoms with van der Waals surface area (Å²) in [6, 6.07) is 1.30. The molecule has 0 saturated carbocycles. The van der Waals surface area contributed by atoms with E-state index in [0.29, 0.717) is 18.0 Å². The highest BCUT2D eigenvalue weighted by atomic mass is 35.5. The van der Waals surface area contributed by atoms with E-state index in [2.05, 4.69) is 31.0 Å². The highest BCUT2D eigenvalue weighted by molar-refractivity contribution is 6.25. The van der Waals surface area contributed by atoms with E-state index in [0.717, 1.165) is 19.6 Å². The molecule has 0 amide bonds. The van der Waals surface area contributed by atoms with Crippen LogP contribution in [0.4, 0.5) is 0 Å². The van der Waals surface area contributed by atoms with Crippen LogP contribution in [-0.2, 0) is 0 Å². The minimum absolute atomic E-state index is 0.622. The fourth-order valence-corrected chi connectivity index (χ4v) is 2.43. The molecule has 1 aliphatic rings. The van der Waals surface area contributed by atoms with E-state index in [4.69, 9.17) is 11.6 Å². The summed E-state index contributed by atoms with van der Waals surface area (Å²) in [7, 11) is 0. The third-order valence-corrected chi connectivity index (χ3v) is 3.60. The van der Waals surface area contributed by atoms with Crippen molar-refractivity contribution in [3.8, 4) is 0 Å². The minimum Gasteiger partial charge on any atom is -0.311 e. The molecular weight excluding hydrogens is 220 g/mol. The third kappa shape index (κ3) is 4.08. The lowest BCUT2D eigenvalue weighted by Crippen LogP contribution is -2.57. The Morgan fingerprint density at radius 1 is 1.50 bits per heavy atom. The zero-order chi connectivity index (χ0) is 12.0. The van der Waals surface area contributed by atoms with Crippen molar-refractivity contribution < 1.29 is 0 Å². The monoisotopic (exact) mass is 244 g/mol. The second-order valence-electron chi connectivity index (χ2n) is 5.02. The van der Waals surface area contributed by atoms with Crippen molar-refractivity contribution in [3.63, 3.8) is 0 Å². The molecule has 1 aliphatic heterocycles. The van der Waals surface area contributed by atoms with Crippen LogP contribution in [0.5, 0.6) is 0 Å². The van der Waals surface area contributed by atoms with Gasteiger partial charge in [-0.15, -0.1) is 0 Å². The molecule has 0 aromatic carbocycles. The van der Waals surface area contributed by atoms with Crippen LogP contribution in [-0.4, -0.2) is 36.6 Å². The predicted octanol–water partition coefficient (Wildman–Crippen LogP) is 2.84. The van der Waals surface area contributed by atoms with Gasteiger partial charge in [0.05, 0.1) is 0 Å². The van der Waals surface area contributed by atoms with Gasteiger partial charge < -0.3 is 5.32 Å². The van der Waals surface area contributed by atoms with Crippen LogP contribution >= 0.6 is 11.6 Å². The van der Waals surface area contributed by atoms with Crippen LogP contribution < -0.4 is 5.32 Å². The molecule has 1 rings (SSSR count). The first kappa shape index (κ1) is 14.0. The quantitative estimate of drug-likeness (QED) is 0.800. The maximum absolute atomic E-state index is 5.62. The van der Waals surface area contributed by atoms with E-state index in [1.807, 2.05) is 6.08 Å². The van der Waals surface area contributed by atoms with Crippen LogP contribution in [0.2, 0.25) is 0 Å². The van der Waals surface area contributed by atoms with Gasteiger partial charge in [0.25, 0.3) is 0 Å². The molecule has 0 bridgehead atoms. The Hall–Kier alpha value is -0.0500. The molecule has 0 aromatic rings. The Labute approximate surface area is 105 Å². The van der Waals surface area contributed by atoms with Crippen molar-refractivity contribution in [1.29, 1.82) is 0 Å². The van der Waals surface area contributed by atoms with Gasteiger partial charge in [0.15, 0.2) is 0 Å². The Balaban J connectivity index is 2.54. The summed E-state index contributed by atoms with van der Waals surface area (Å²) >= 11 is 5.62. The first-order valence-electron chi connectivity index (χ1n) is 6.41. The maximum atomic E-state index is 5.62. The van der Waals surface area contributed by atoms with Gasteiger partial charge in [0, 0.05) is 37.3 Å². The Bertz CT molecular complexity index is 216. The van der Waals surface area contributed by atoms with Crippen molar-refractivity contribution in [3.05, 3.63) is 11.6 Å². The van der Waals surface area contributed by atoms with E-state index >= 15 is 0 Å². The topological polar surface area (TPSA) is 15.3 Å². The summed E-state index contributed by atoms with van der Waals surface area (Å²) in [5.41, 5.74) is 1.63. The number of hydrogen-bond donors (Lipinski definition) is 1. The Morgan fingerprint density at radius 2 is 2.25 bits per heavy atom. The summed E-state index contributed by atoms with van der Waals surface area (Å²) in [6.45, 7) is 10.1. The molecule has 2 nitrogen and oxygen atoms in total. The van der Waals surface area contributed by atoms with Gasteiger partial charge in [-0.1, -0.05) is 44.9 Å². The number of piperazine rings is 1. The lowest BCUT2D eigenvalue weighted by molar-refractivity contribution is 0.120. The predicted molar refractivity (Wildman–Crippen MR) is 71.9 cm³/mol. The normalized spacial score (nSPS) is 28.1. The summed E-state index contributed by atoms with van der Waals surface area (Å²) in [4.78, 5) is 2.56. The van der Waals surface area contributed by atoms with Crippen LogP contribution in [0, 0.1) is 5.92 Å². The summed E-state index contributed by atoms with van der Waals surface area (Å²) in [6.07, 6.45) is 4.57. The van der Waals surface area contributed by atoms with Crippen LogP contribution in [0.1, 0.15) is 33.6 Å². The van der Waals surface area contributed by atoms with Gasteiger partial charge in [-0.2, -0.15) is 0 Å². The SMILES string of the molecule is CCCC1CNC(C(C)C)CN1C/C=C/Cl. The molecule has 0 spiro atoms. The Kier molecular flexibility index (Phi) is 6.40. The molecule has 94 valence electrons. The summed E-state index contributed by atoms with van der Waals surface area (Å²) in [5, 5.41) is 3.66. The molecule has 2 unspecified atom stereocenters. The van der Waals surface area contributed by atoms with Crippen molar-refractivity contribution in [2.75, 3.05) is 19.6 Å². The molecule has 16 heavy (non-hydrogen) atoms. The zero-order valence-corrected chi connectivity index (χ0v) is 11.5. The van der Waals surface area contributed by atoms with E-state index in [1.165, 1.54) is 12.8 Å². The van der Waals surface area contributed by atoms with E-state index in [1.54, 1.807) is 5.54 Å². The van der Waals surface area contributed by atoms with Gasteiger partial charge >= 0.3 is 0 Å². The number of rotatable bonds is 5. The molecule has 3 heteroatoms. The average Bonchev–Trinajstić information content (AvgIpc) is 2.27. The van der Waals surface area contributed by atoms with E-state index < -0.39 is 0 Å². The maximum Gasteiger partial charge on any atom is 0.0224 e. The number of halogens is 1. The smallest absolute Gasteiger partial charge is 0.0224 e. The minimum atomic E-state index is 0.622. The molecule has 1 fully saturated rings. The first-order valence-corrected chi connectivity index (χ1v) is 6.85. The molecule has 0 aromatic heterocycles. The second-order valence-corrected chi connectivity index (χ2v) is 5.27. The van der Waals surface area contributed by atoms with Gasteiger partial charge in [-0.25, -0.2) is 0 Å². The van der Waals surface area contributed by atoms with Gasteiger partial charge in [0.1, 0.15) is 0 Å². The molecule has 2 atom stereocenters. The lowest BCUT2D eigenvalue weighted by atomic mass is 9.97. The van der Waals surface area contributed by atoms with Crippen LogP contribution in [0.25, 0.3) is 0 Å². The molecule has 0 radical (unpaired) electrons. The highest BCUT2D eigenvalue weighted by Gasteiger charge is 2.27. The van der Waals surface area contributed by atoms with Crippen molar-refractivity contribution in [1.82, 2.24) is 10.2 Å². The third-order valence-electron chi connectivity index (χ3n) is 3.42. The molecule has 1 saturated heterocycles. The van der Waals surface area contributed by atoms with Crippen molar-refractivity contribution in [2.45, 2.75) is 45.7 Å². The van der Waals surface area contributed by atoms with Gasteiger partial charge in [-0.05, 0) is 12.3 Å². The molecule has 0 aliphatic carbocycles. The van der Waals surface area contributed by atoms with Gasteiger partial charge in [-0.3, -0.25) is 4.90 Å². The molecule has 1 N–H and O–H groups in total. The van der Waals surface area contributed by atoms with Crippen LogP contribution in [0.3, 0.4) is 0 Å². The molecular formula is C13H25ClN2. The largest absolute Gasteiger partial charge is 0.311 e. The summed E-state index contributed by atoms with van der Waals surface area (Å²) in [5.74, 6) is 0.699. The first-order chi connectivity index (χ1) is 7.69. The zero-order valence-electron chi connectivity index (χ0n) is 10.7. The fraction of sp³-hybridized carbons (Fsp3) is 0.846. The van der Waals surface area contributed by atoms with Crippen molar-refractivity contribution in [2.24, 2.45) is 5.92 Å². The number of nitrogens with one attached hydrogen (secondary N) is 1. The fourth-order valence-electron chi connectivity index (χ4n) is 2.35. The second kappa shape index (κ2) is 7.31. The van der Waals surface area contributed by atoms with E-state index in [-0.39, 0.29) is 0 Å². The highest BCUT2D eigenvalue weighted by Crippen LogP contribution is 2.16. The number of nitrogens with zero attached hydrogens (tertiary/aromatic N) is 1.